The van der Waals surface area contributed by atoms with E-state index in [4.69, 9.17) is 0 Å². The lowest BCUT2D eigenvalue weighted by atomic mass is 10.0. The van der Waals surface area contributed by atoms with Crippen molar-refractivity contribution in [2.45, 2.75) is 19.4 Å². The topological polar surface area (TPSA) is 50.7 Å². The number of para-hydroxylation sites is 1. The molecule has 3 rings (SSSR count). The highest BCUT2D eigenvalue weighted by Gasteiger charge is 2.15. The quantitative estimate of drug-likeness (QED) is 0.782. The van der Waals surface area contributed by atoms with Gasteiger partial charge < -0.3 is 5.32 Å². The predicted molar refractivity (Wildman–Crippen MR) is 81.8 cm³/mol. The summed E-state index contributed by atoms with van der Waals surface area (Å²) in [5, 5.41) is 4.69. The van der Waals surface area contributed by atoms with Crippen molar-refractivity contribution in [1.29, 1.82) is 0 Å². The summed E-state index contributed by atoms with van der Waals surface area (Å²) < 4.78 is 8.47. The minimum absolute atomic E-state index is 0.199. The molecule has 1 aromatic carbocycles. The van der Waals surface area contributed by atoms with Crippen LogP contribution < -0.4 is 5.32 Å². The second kappa shape index (κ2) is 6.07. The van der Waals surface area contributed by atoms with Gasteiger partial charge in [-0.25, -0.2) is 0 Å². The molecule has 3 aromatic rings. The smallest absolute Gasteiger partial charge is 0.0915 e. The van der Waals surface area contributed by atoms with Gasteiger partial charge in [-0.2, -0.15) is 8.75 Å². The van der Waals surface area contributed by atoms with Gasteiger partial charge in [0.15, 0.2) is 0 Å². The SMILES string of the molecule is CCNC(Cc1ccnc2ccccc12)c1cnsn1. The summed E-state index contributed by atoms with van der Waals surface area (Å²) >= 11 is 1.26. The van der Waals surface area contributed by atoms with Crippen LogP contribution in [0.1, 0.15) is 24.2 Å². The Balaban J connectivity index is 1.94. The lowest BCUT2D eigenvalue weighted by molar-refractivity contribution is 0.541. The van der Waals surface area contributed by atoms with E-state index in [-0.39, 0.29) is 6.04 Å². The van der Waals surface area contributed by atoms with Crippen LogP contribution in [0.4, 0.5) is 0 Å². The number of rotatable bonds is 5. The highest BCUT2D eigenvalue weighted by atomic mass is 32.1. The van der Waals surface area contributed by atoms with E-state index in [1.54, 1.807) is 0 Å². The molecule has 102 valence electrons. The highest BCUT2D eigenvalue weighted by molar-refractivity contribution is 6.99. The number of aromatic nitrogens is 3. The van der Waals surface area contributed by atoms with Crippen LogP contribution in [0.2, 0.25) is 0 Å². The minimum Gasteiger partial charge on any atom is -0.309 e. The molecule has 0 aliphatic heterocycles. The molecular weight excluding hydrogens is 268 g/mol. The molecule has 0 saturated carbocycles. The summed E-state index contributed by atoms with van der Waals surface area (Å²) in [6, 6.07) is 10.5. The van der Waals surface area contributed by atoms with Gasteiger partial charge in [0.25, 0.3) is 0 Å². The van der Waals surface area contributed by atoms with Crippen LogP contribution >= 0.6 is 11.7 Å². The van der Waals surface area contributed by atoms with Crippen molar-refractivity contribution >= 4 is 22.6 Å². The second-order valence-corrected chi connectivity index (χ2v) is 5.19. The zero-order valence-electron chi connectivity index (χ0n) is 11.3. The van der Waals surface area contributed by atoms with Crippen LogP contribution in [-0.2, 0) is 6.42 Å². The van der Waals surface area contributed by atoms with Crippen molar-refractivity contribution < 1.29 is 0 Å². The van der Waals surface area contributed by atoms with Gasteiger partial charge in [0.1, 0.15) is 0 Å². The van der Waals surface area contributed by atoms with Crippen LogP contribution in [0.3, 0.4) is 0 Å². The molecule has 1 N–H and O–H groups in total. The fourth-order valence-corrected chi connectivity index (χ4v) is 2.88. The molecule has 0 aliphatic carbocycles. The van der Waals surface area contributed by atoms with E-state index >= 15 is 0 Å². The van der Waals surface area contributed by atoms with Crippen molar-refractivity contribution in [3.63, 3.8) is 0 Å². The molecule has 1 unspecified atom stereocenters. The van der Waals surface area contributed by atoms with Gasteiger partial charge in [-0.1, -0.05) is 25.1 Å². The Morgan fingerprint density at radius 3 is 2.95 bits per heavy atom. The predicted octanol–water partition coefficient (Wildman–Crippen LogP) is 2.98. The van der Waals surface area contributed by atoms with E-state index in [1.807, 2.05) is 24.5 Å². The zero-order chi connectivity index (χ0) is 13.8. The molecule has 0 bridgehead atoms. The fourth-order valence-electron chi connectivity index (χ4n) is 2.41. The van der Waals surface area contributed by atoms with Crippen LogP contribution in [0.15, 0.2) is 42.7 Å². The Morgan fingerprint density at radius 2 is 2.15 bits per heavy atom. The van der Waals surface area contributed by atoms with Crippen LogP contribution in [-0.4, -0.2) is 20.3 Å². The van der Waals surface area contributed by atoms with E-state index in [1.165, 1.54) is 22.7 Å². The lowest BCUT2D eigenvalue weighted by Gasteiger charge is -2.16. The van der Waals surface area contributed by atoms with Crippen LogP contribution in [0.5, 0.6) is 0 Å². The van der Waals surface area contributed by atoms with Gasteiger partial charge >= 0.3 is 0 Å². The number of benzene rings is 1. The number of likely N-dealkylation sites (N-methyl/N-ethyl adjacent to an activating group) is 1. The first-order chi connectivity index (χ1) is 9.88. The van der Waals surface area contributed by atoms with Crippen molar-refractivity contribution in [2.75, 3.05) is 6.54 Å². The third-order valence-electron chi connectivity index (χ3n) is 3.35. The number of nitrogens with one attached hydrogen (secondary N) is 1. The molecular formula is C15H16N4S. The minimum atomic E-state index is 0.199. The molecule has 0 amide bonds. The Hall–Kier alpha value is -1.85. The molecule has 5 heteroatoms. The highest BCUT2D eigenvalue weighted by Crippen LogP contribution is 2.22. The molecule has 0 saturated heterocycles. The number of pyridine rings is 1. The molecule has 2 aromatic heterocycles. The maximum atomic E-state index is 4.41. The first kappa shape index (κ1) is 13.1. The Kier molecular flexibility index (Phi) is 3.99. The van der Waals surface area contributed by atoms with Gasteiger partial charge in [0.2, 0.25) is 0 Å². The number of hydrogen-bond donors (Lipinski definition) is 1. The fraction of sp³-hybridized carbons (Fsp3) is 0.267. The number of hydrogen-bond acceptors (Lipinski definition) is 5. The van der Waals surface area contributed by atoms with Crippen molar-refractivity contribution in [3.05, 3.63) is 54.0 Å². The molecule has 20 heavy (non-hydrogen) atoms. The Morgan fingerprint density at radius 1 is 1.25 bits per heavy atom. The summed E-state index contributed by atoms with van der Waals surface area (Å²) in [4.78, 5) is 4.41. The second-order valence-electron chi connectivity index (χ2n) is 4.63. The van der Waals surface area contributed by atoms with E-state index in [2.05, 4.69) is 44.2 Å². The largest absolute Gasteiger partial charge is 0.309 e. The van der Waals surface area contributed by atoms with Gasteiger partial charge in [-0.15, -0.1) is 0 Å². The zero-order valence-corrected chi connectivity index (χ0v) is 12.1. The molecule has 4 nitrogen and oxygen atoms in total. The summed E-state index contributed by atoms with van der Waals surface area (Å²) in [5.74, 6) is 0. The van der Waals surface area contributed by atoms with Crippen molar-refractivity contribution in [1.82, 2.24) is 19.0 Å². The van der Waals surface area contributed by atoms with Gasteiger partial charge in [0.05, 0.1) is 35.2 Å². The monoisotopic (exact) mass is 284 g/mol. The standard InChI is InChI=1S/C15H16N4S/c1-2-16-14(15-10-18-20-19-15)9-11-7-8-17-13-6-4-3-5-12(11)13/h3-8,10,14,16H,2,9H2,1H3. The van der Waals surface area contributed by atoms with Gasteiger partial charge in [-0.05, 0) is 30.7 Å². The first-order valence-electron chi connectivity index (χ1n) is 6.72. The molecule has 0 radical (unpaired) electrons. The number of fused-ring (bicyclic) bond motifs is 1. The maximum absolute atomic E-state index is 4.41. The van der Waals surface area contributed by atoms with E-state index in [9.17, 15) is 0 Å². The van der Waals surface area contributed by atoms with Crippen molar-refractivity contribution in [2.24, 2.45) is 0 Å². The Bertz CT molecular complexity index is 676. The van der Waals surface area contributed by atoms with Gasteiger partial charge in [-0.3, -0.25) is 4.98 Å². The number of nitrogens with zero attached hydrogens (tertiary/aromatic N) is 3. The summed E-state index contributed by atoms with van der Waals surface area (Å²) in [7, 11) is 0. The summed E-state index contributed by atoms with van der Waals surface area (Å²) in [6.45, 7) is 3.02. The van der Waals surface area contributed by atoms with Gasteiger partial charge in [0, 0.05) is 11.6 Å². The van der Waals surface area contributed by atoms with Crippen molar-refractivity contribution in [3.8, 4) is 0 Å². The third-order valence-corrected chi connectivity index (χ3v) is 3.84. The first-order valence-corrected chi connectivity index (χ1v) is 7.45. The van der Waals surface area contributed by atoms with Crippen LogP contribution in [0.25, 0.3) is 10.9 Å². The van der Waals surface area contributed by atoms with E-state index in [0.717, 1.165) is 24.2 Å². The molecule has 2 heterocycles. The molecule has 0 fully saturated rings. The lowest BCUT2D eigenvalue weighted by Crippen LogP contribution is -2.23. The maximum Gasteiger partial charge on any atom is 0.0915 e. The van der Waals surface area contributed by atoms with E-state index in [0.29, 0.717) is 0 Å². The van der Waals surface area contributed by atoms with E-state index < -0.39 is 0 Å². The Labute approximate surface area is 122 Å². The average Bonchev–Trinajstić information content (AvgIpc) is 3.01. The normalized spacial score (nSPS) is 12.7. The summed E-state index contributed by atoms with van der Waals surface area (Å²) in [6.07, 6.45) is 4.61. The van der Waals surface area contributed by atoms with Crippen LogP contribution in [0, 0.1) is 0 Å². The average molecular weight is 284 g/mol. The molecule has 0 aliphatic rings. The molecule has 1 atom stereocenters. The third kappa shape index (κ3) is 2.69. The summed E-state index contributed by atoms with van der Waals surface area (Å²) in [5.41, 5.74) is 3.34. The molecule has 0 spiro atoms.